The van der Waals surface area contributed by atoms with Crippen molar-refractivity contribution in [2.45, 2.75) is 0 Å². The topological polar surface area (TPSA) is 120 Å². The predicted molar refractivity (Wildman–Crippen MR) is 458 cm³/mol. The van der Waals surface area contributed by atoms with Crippen LogP contribution in [-0.4, -0.2) is 62.3 Å². The normalized spacial score (nSPS) is 11.8. The predicted octanol–water partition coefficient (Wildman–Crippen LogP) is 23.9. The van der Waals surface area contributed by atoms with Crippen LogP contribution >= 0.6 is 0 Å². The maximum Gasteiger partial charge on any atom is 0.235 e. The van der Waals surface area contributed by atoms with E-state index in [1.54, 1.807) is 12.4 Å². The van der Waals surface area contributed by atoms with Crippen molar-refractivity contribution in [1.82, 2.24) is 62.3 Å². The van der Waals surface area contributed by atoms with E-state index in [1.165, 1.54) is 75.8 Å². The summed E-state index contributed by atoms with van der Waals surface area (Å²) in [6, 6.07) is 121. The van der Waals surface area contributed by atoms with Crippen molar-refractivity contribution in [3.05, 3.63) is 383 Å². The van der Waals surface area contributed by atoms with Gasteiger partial charge in [0.05, 0.1) is 77.6 Å². The Labute approximate surface area is 640 Å². The molecular weight excluding hydrogens is 1370 g/mol. The molecule has 0 aliphatic carbocycles. The highest BCUT2D eigenvalue weighted by Crippen LogP contribution is 2.43. The van der Waals surface area contributed by atoms with Gasteiger partial charge in [-0.25, -0.2) is 29.9 Å². The second-order valence-corrected chi connectivity index (χ2v) is 28.1. The van der Waals surface area contributed by atoms with E-state index >= 15 is 0 Å². The van der Waals surface area contributed by atoms with Crippen LogP contribution < -0.4 is 0 Å². The number of para-hydroxylation sites is 8. The summed E-state index contributed by atoms with van der Waals surface area (Å²) in [6.07, 6.45) is 11.9. The highest BCUT2D eigenvalue weighted by atomic mass is 15.2. The molecule has 0 N–H and O–H groups in total. The average molecular weight is 1430 g/mol. The minimum Gasteiger partial charge on any atom is -0.317 e. The Kier molecular flexibility index (Phi) is 14.9. The molecule has 0 bridgehead atoms. The summed E-state index contributed by atoms with van der Waals surface area (Å²) in [5, 5.41) is 16.3. The SMILES string of the molecule is c1ccc(-c2nc(-n3c4ccccc4c4c5ccn(-c6ccccc6)c5ccc43)nc3ccccc23)cc1.c1ccc(-n2ccc3c4c5ccccc5n(-c5nc(-c6ccc7ccccc7c6)c6ccccc6n5)c4ccc32)cc1.c1ccc(-n2ccc3c4c5ccccc5n(-c5ncc6cnccc6n5)c4ccc32)cc1. The lowest BCUT2D eigenvalue weighted by Gasteiger charge is -2.12. The minimum absolute atomic E-state index is 0.664. The van der Waals surface area contributed by atoms with Crippen LogP contribution in [0.25, 0.3) is 199 Å². The van der Waals surface area contributed by atoms with Crippen LogP contribution in [0.15, 0.2) is 383 Å². The maximum atomic E-state index is 5.30. The highest BCUT2D eigenvalue weighted by Gasteiger charge is 2.24. The molecule has 112 heavy (non-hydrogen) atoms. The Bertz CT molecular complexity index is 7830. The van der Waals surface area contributed by atoms with Crippen LogP contribution in [0.3, 0.4) is 0 Å². The van der Waals surface area contributed by atoms with Gasteiger partial charge in [-0.3, -0.25) is 18.7 Å². The molecule has 0 aliphatic heterocycles. The molecule has 13 nitrogen and oxygen atoms in total. The summed E-state index contributed by atoms with van der Waals surface area (Å²) in [5.74, 6) is 2.01. The Morgan fingerprint density at radius 2 is 0.580 bits per heavy atom. The van der Waals surface area contributed by atoms with Gasteiger partial charge in [0.15, 0.2) is 0 Å². The van der Waals surface area contributed by atoms with E-state index in [9.17, 15) is 0 Å². The summed E-state index contributed by atoms with van der Waals surface area (Å²) >= 11 is 0. The summed E-state index contributed by atoms with van der Waals surface area (Å²) in [5.41, 5.74) is 20.3. The first-order valence-electron chi connectivity index (χ1n) is 37.5. The van der Waals surface area contributed by atoms with E-state index in [-0.39, 0.29) is 0 Å². The zero-order valence-corrected chi connectivity index (χ0v) is 60.2. The van der Waals surface area contributed by atoms with E-state index in [1.807, 2.05) is 48.7 Å². The fourth-order valence-corrected chi connectivity index (χ4v) is 16.8. The van der Waals surface area contributed by atoms with Crippen LogP contribution in [0.4, 0.5) is 0 Å². The Balaban J connectivity index is 0.000000104. The number of fused-ring (bicyclic) bond motifs is 19. The number of aromatic nitrogens is 13. The molecule has 0 saturated carbocycles. The molecular formula is C99H63N13. The van der Waals surface area contributed by atoms with Crippen LogP contribution in [0.2, 0.25) is 0 Å². The zero-order chi connectivity index (χ0) is 73.7. The molecule has 0 spiro atoms. The molecule has 10 aromatic heterocycles. The molecule has 0 amide bonds. The lowest BCUT2D eigenvalue weighted by molar-refractivity contribution is 1.01. The van der Waals surface area contributed by atoms with Gasteiger partial charge in [-0.05, 0) is 144 Å². The number of hydrogen-bond acceptors (Lipinski definition) is 7. The molecule has 0 saturated heterocycles. The molecule has 0 radical (unpaired) electrons. The van der Waals surface area contributed by atoms with Crippen molar-refractivity contribution in [2.24, 2.45) is 0 Å². The summed E-state index contributed by atoms with van der Waals surface area (Å²) in [7, 11) is 0. The molecule has 13 heteroatoms. The van der Waals surface area contributed by atoms with Crippen LogP contribution in [0, 0.1) is 0 Å². The van der Waals surface area contributed by atoms with Gasteiger partial charge in [0.2, 0.25) is 17.8 Å². The van der Waals surface area contributed by atoms with Gasteiger partial charge in [0.1, 0.15) is 0 Å². The third kappa shape index (κ3) is 10.4. The fourth-order valence-electron chi connectivity index (χ4n) is 16.8. The standard InChI is InChI=1S/C38H24N4.C34H22N4.C27H17N5/c1-2-12-28(13-3-1)41-23-22-31-33(41)20-21-35-36(31)30-15-7-9-17-34(30)42(35)38-39-32-16-8-6-14-29(32)37(40-38)27-19-18-25-10-4-5-11-26(25)24-27;1-3-11-23(12-4-1)33-25-15-7-9-17-28(25)35-34(36-33)38-30-18-10-8-16-26(30)32-27-21-22-37(24-13-5-2-6-14-24)29(27)19-20-31(32)38;1-2-6-19(7-3-1)31-15-13-21-23(31)10-11-25-26(21)20-8-4-5-9-24(20)32(25)27-29-17-18-16-28-14-12-22(18)30-27/h1-24H;1-22H;1-17H. The molecule has 24 aromatic rings. The third-order valence-corrected chi connectivity index (χ3v) is 21.8. The van der Waals surface area contributed by atoms with E-state index in [4.69, 9.17) is 24.9 Å². The van der Waals surface area contributed by atoms with Crippen molar-refractivity contribution in [2.75, 3.05) is 0 Å². The molecule has 10 heterocycles. The van der Waals surface area contributed by atoms with Crippen LogP contribution in [0.5, 0.6) is 0 Å². The van der Waals surface area contributed by atoms with Gasteiger partial charge < -0.3 is 13.7 Å². The second-order valence-electron chi connectivity index (χ2n) is 28.1. The van der Waals surface area contributed by atoms with Gasteiger partial charge in [-0.15, -0.1) is 0 Å². The monoisotopic (exact) mass is 1430 g/mol. The van der Waals surface area contributed by atoms with Gasteiger partial charge in [0, 0.05) is 130 Å². The first kappa shape index (κ1) is 63.8. The van der Waals surface area contributed by atoms with Crippen LogP contribution in [0.1, 0.15) is 0 Å². The minimum atomic E-state index is 0.664. The average Bonchev–Trinajstić information content (AvgIpc) is 1.58. The second kappa shape index (κ2) is 26.2. The molecule has 0 aliphatic rings. The number of benzene rings is 14. The van der Waals surface area contributed by atoms with E-state index < -0.39 is 0 Å². The Morgan fingerprint density at radius 3 is 1.05 bits per heavy atom. The lowest BCUT2D eigenvalue weighted by atomic mass is 10.0. The first-order valence-corrected chi connectivity index (χ1v) is 37.5. The molecule has 0 atom stereocenters. The summed E-state index contributed by atoms with van der Waals surface area (Å²) < 4.78 is 13.3. The molecule has 24 rings (SSSR count). The lowest BCUT2D eigenvalue weighted by Crippen LogP contribution is -2.03. The van der Waals surface area contributed by atoms with Crippen LogP contribution in [-0.2, 0) is 0 Å². The highest BCUT2D eigenvalue weighted by molar-refractivity contribution is 6.24. The number of rotatable bonds is 8. The van der Waals surface area contributed by atoms with Gasteiger partial charge in [-0.2, -0.15) is 0 Å². The van der Waals surface area contributed by atoms with Crippen molar-refractivity contribution in [3.63, 3.8) is 0 Å². The first-order chi connectivity index (χ1) is 55.6. The Morgan fingerprint density at radius 1 is 0.214 bits per heavy atom. The van der Waals surface area contributed by atoms with Gasteiger partial charge >= 0.3 is 0 Å². The van der Waals surface area contributed by atoms with E-state index in [0.717, 1.165) is 105 Å². The van der Waals surface area contributed by atoms with Crippen molar-refractivity contribution in [3.8, 4) is 57.4 Å². The van der Waals surface area contributed by atoms with Gasteiger partial charge in [-0.1, -0.05) is 212 Å². The van der Waals surface area contributed by atoms with Gasteiger partial charge in [0.25, 0.3) is 0 Å². The quantitative estimate of drug-likeness (QED) is 0.149. The molecule has 524 valence electrons. The third-order valence-electron chi connectivity index (χ3n) is 21.8. The number of nitrogens with zero attached hydrogens (tertiary/aromatic N) is 13. The van der Waals surface area contributed by atoms with Crippen molar-refractivity contribution in [1.29, 1.82) is 0 Å². The molecule has 14 aromatic carbocycles. The summed E-state index contributed by atoms with van der Waals surface area (Å²) in [4.78, 5) is 34.4. The maximum absolute atomic E-state index is 5.30. The fraction of sp³-hybridized carbons (Fsp3) is 0. The smallest absolute Gasteiger partial charge is 0.235 e. The molecule has 0 fully saturated rings. The Hall–Kier alpha value is -15.5. The molecule has 0 unspecified atom stereocenters. The zero-order valence-electron chi connectivity index (χ0n) is 60.2. The van der Waals surface area contributed by atoms with Crippen molar-refractivity contribution >= 4 is 142 Å². The number of pyridine rings is 1. The summed E-state index contributed by atoms with van der Waals surface area (Å²) in [6.45, 7) is 0. The largest absolute Gasteiger partial charge is 0.317 e. The van der Waals surface area contributed by atoms with E-state index in [2.05, 4.69) is 359 Å². The van der Waals surface area contributed by atoms with Crippen molar-refractivity contribution < 1.29 is 0 Å². The number of hydrogen-bond donors (Lipinski definition) is 0. The van der Waals surface area contributed by atoms with E-state index in [0.29, 0.717) is 17.8 Å².